The van der Waals surface area contributed by atoms with Gasteiger partial charge in [0.05, 0.1) is 16.8 Å². The average Bonchev–Trinajstić information content (AvgIpc) is 3.21. The Hall–Kier alpha value is -2.68. The molecule has 4 aromatic rings. The summed E-state index contributed by atoms with van der Waals surface area (Å²) < 4.78 is 1.64. The second kappa shape index (κ2) is 9.50. The highest BCUT2D eigenvalue weighted by Gasteiger charge is 2.79. The largest absolute Gasteiger partial charge is 0.324 e. The number of pyridine rings is 1. The molecule has 1 amide bonds. The maximum atomic E-state index is 14.3. The number of para-hydroxylation sites is 1. The summed E-state index contributed by atoms with van der Waals surface area (Å²) in [6.45, 7) is 2.09. The van der Waals surface area contributed by atoms with Crippen LogP contribution in [0, 0.1) is 12.8 Å². The molecule has 2 saturated carbocycles. The van der Waals surface area contributed by atoms with Crippen LogP contribution in [0.5, 0.6) is 0 Å². The molecule has 0 radical (unpaired) electrons. The third kappa shape index (κ3) is 3.91. The number of carbonyl (C=O) groups is 1. The SMILES string of the molecule is Cc1csc2nc(-c3ccccc3NC(=O)C34CC3(C3CCCCCCC3)NC(c3cccnc3)S4)cn12. The number of nitrogens with zero attached hydrogens (tertiary/aromatic N) is 3. The van der Waals surface area contributed by atoms with E-state index in [1.165, 1.54) is 50.6 Å². The molecule has 3 fully saturated rings. The van der Waals surface area contributed by atoms with E-state index >= 15 is 0 Å². The third-order valence-electron chi connectivity index (χ3n) is 8.83. The van der Waals surface area contributed by atoms with E-state index in [0.717, 1.165) is 33.9 Å². The van der Waals surface area contributed by atoms with Crippen molar-refractivity contribution in [3.63, 3.8) is 0 Å². The minimum absolute atomic E-state index is 0.0757. The summed E-state index contributed by atoms with van der Waals surface area (Å²) in [5.41, 5.74) is 4.84. The van der Waals surface area contributed by atoms with Crippen molar-refractivity contribution in [3.05, 3.63) is 71.6 Å². The number of thiazole rings is 1. The Balaban J connectivity index is 1.21. The van der Waals surface area contributed by atoms with Crippen LogP contribution in [0.1, 0.15) is 68.0 Å². The molecule has 2 aliphatic carbocycles. The van der Waals surface area contributed by atoms with Gasteiger partial charge in [0.2, 0.25) is 5.91 Å². The van der Waals surface area contributed by atoms with Crippen LogP contribution < -0.4 is 10.6 Å². The molecule has 3 aliphatic rings. The minimum atomic E-state index is -0.477. The molecule has 4 heterocycles. The van der Waals surface area contributed by atoms with Gasteiger partial charge in [0.25, 0.3) is 0 Å². The molecule has 1 aliphatic heterocycles. The Labute approximate surface area is 231 Å². The van der Waals surface area contributed by atoms with Gasteiger partial charge in [0, 0.05) is 40.8 Å². The van der Waals surface area contributed by atoms with Crippen LogP contribution in [-0.2, 0) is 4.79 Å². The van der Waals surface area contributed by atoms with Crippen LogP contribution >= 0.6 is 23.1 Å². The van der Waals surface area contributed by atoms with Gasteiger partial charge in [-0.1, -0.05) is 56.4 Å². The van der Waals surface area contributed by atoms with E-state index in [1.54, 1.807) is 23.1 Å². The van der Waals surface area contributed by atoms with E-state index in [0.29, 0.717) is 5.92 Å². The molecule has 3 unspecified atom stereocenters. The molecule has 1 aromatic carbocycles. The first kappa shape index (κ1) is 24.4. The number of nitrogens with one attached hydrogen (secondary N) is 2. The number of thioether (sulfide) groups is 1. The molecule has 0 spiro atoms. The summed E-state index contributed by atoms with van der Waals surface area (Å²) in [6, 6.07) is 12.2. The lowest BCUT2D eigenvalue weighted by Gasteiger charge is -2.30. The van der Waals surface area contributed by atoms with Gasteiger partial charge in [0.1, 0.15) is 4.75 Å². The fourth-order valence-corrected chi connectivity index (χ4v) is 9.45. The molecule has 3 atom stereocenters. The number of amides is 1. The van der Waals surface area contributed by atoms with E-state index < -0.39 is 4.75 Å². The monoisotopic (exact) mass is 543 g/mol. The fourth-order valence-electron chi connectivity index (χ4n) is 6.75. The van der Waals surface area contributed by atoms with E-state index in [-0.39, 0.29) is 16.8 Å². The first-order valence-electron chi connectivity index (χ1n) is 13.8. The molecule has 0 bridgehead atoms. The van der Waals surface area contributed by atoms with Gasteiger partial charge in [0.15, 0.2) is 4.96 Å². The Bertz CT molecular complexity index is 1470. The molecule has 8 heteroatoms. The number of anilines is 1. The highest BCUT2D eigenvalue weighted by Crippen LogP contribution is 2.71. The molecule has 3 aromatic heterocycles. The first-order valence-corrected chi connectivity index (χ1v) is 15.6. The van der Waals surface area contributed by atoms with Crippen LogP contribution in [-0.4, -0.2) is 30.6 Å². The molecule has 196 valence electrons. The van der Waals surface area contributed by atoms with Crippen molar-refractivity contribution in [3.8, 4) is 11.3 Å². The zero-order valence-corrected chi connectivity index (χ0v) is 23.3. The van der Waals surface area contributed by atoms with E-state index in [4.69, 9.17) is 4.98 Å². The smallest absolute Gasteiger partial charge is 0.242 e. The van der Waals surface area contributed by atoms with Crippen molar-refractivity contribution >= 4 is 39.7 Å². The molecule has 7 rings (SSSR count). The highest BCUT2D eigenvalue weighted by molar-refractivity contribution is 8.02. The summed E-state index contributed by atoms with van der Waals surface area (Å²) in [6.07, 6.45) is 15.6. The number of fused-ring (bicyclic) bond motifs is 2. The van der Waals surface area contributed by atoms with E-state index in [2.05, 4.69) is 50.7 Å². The lowest BCUT2D eigenvalue weighted by Crippen LogP contribution is -2.44. The predicted molar refractivity (Wildman–Crippen MR) is 155 cm³/mol. The molecule has 6 nitrogen and oxygen atoms in total. The van der Waals surface area contributed by atoms with Crippen LogP contribution in [0.25, 0.3) is 16.2 Å². The number of aromatic nitrogens is 3. The Morgan fingerprint density at radius 1 is 1.11 bits per heavy atom. The Morgan fingerprint density at radius 3 is 2.71 bits per heavy atom. The second-order valence-electron chi connectivity index (χ2n) is 11.1. The van der Waals surface area contributed by atoms with Crippen LogP contribution in [0.3, 0.4) is 0 Å². The van der Waals surface area contributed by atoms with Crippen molar-refractivity contribution in [1.29, 1.82) is 0 Å². The van der Waals surface area contributed by atoms with Gasteiger partial charge < -0.3 is 5.32 Å². The zero-order chi connectivity index (χ0) is 25.7. The zero-order valence-electron chi connectivity index (χ0n) is 21.7. The number of aryl methyl sites for hydroxylation is 1. The van der Waals surface area contributed by atoms with Gasteiger partial charge in [-0.2, -0.15) is 0 Å². The third-order valence-corrected chi connectivity index (χ3v) is 11.5. The van der Waals surface area contributed by atoms with Gasteiger partial charge in [-0.05, 0) is 49.8 Å². The number of hydrogen-bond acceptors (Lipinski definition) is 6. The minimum Gasteiger partial charge on any atom is -0.324 e. The Kier molecular flexibility index (Phi) is 6.09. The average molecular weight is 544 g/mol. The van der Waals surface area contributed by atoms with E-state index in [1.807, 2.05) is 36.7 Å². The lowest BCUT2D eigenvalue weighted by atomic mass is 9.82. The van der Waals surface area contributed by atoms with Gasteiger partial charge in [-0.25, -0.2) is 4.98 Å². The first-order chi connectivity index (χ1) is 18.6. The summed E-state index contributed by atoms with van der Waals surface area (Å²) in [5.74, 6) is 0.633. The molecule has 38 heavy (non-hydrogen) atoms. The number of imidazole rings is 1. The number of carbonyl (C=O) groups excluding carboxylic acids is 1. The van der Waals surface area contributed by atoms with Crippen molar-refractivity contribution in [1.82, 2.24) is 19.7 Å². The summed E-state index contributed by atoms with van der Waals surface area (Å²) in [7, 11) is 0. The second-order valence-corrected chi connectivity index (χ2v) is 13.3. The number of benzene rings is 1. The number of hydrogen-bond donors (Lipinski definition) is 2. The molecule has 1 saturated heterocycles. The van der Waals surface area contributed by atoms with Crippen molar-refractivity contribution in [2.24, 2.45) is 5.92 Å². The van der Waals surface area contributed by atoms with Crippen molar-refractivity contribution in [2.75, 3.05) is 5.32 Å². The van der Waals surface area contributed by atoms with Crippen LogP contribution in [0.15, 0.2) is 60.4 Å². The maximum Gasteiger partial charge on any atom is 0.242 e. The fraction of sp³-hybridized carbons (Fsp3) is 0.433. The molecule has 2 N–H and O–H groups in total. The predicted octanol–water partition coefficient (Wildman–Crippen LogP) is 6.98. The normalized spacial score (nSPS) is 27.6. The summed E-state index contributed by atoms with van der Waals surface area (Å²) in [4.78, 5) is 24.5. The summed E-state index contributed by atoms with van der Waals surface area (Å²) >= 11 is 3.44. The maximum absolute atomic E-state index is 14.3. The van der Waals surface area contributed by atoms with Crippen molar-refractivity contribution in [2.45, 2.75) is 74.0 Å². The van der Waals surface area contributed by atoms with Crippen LogP contribution in [0.4, 0.5) is 5.69 Å². The van der Waals surface area contributed by atoms with Crippen molar-refractivity contribution < 1.29 is 4.79 Å². The topological polar surface area (TPSA) is 71.3 Å². The van der Waals surface area contributed by atoms with Crippen LogP contribution in [0.2, 0.25) is 0 Å². The lowest BCUT2D eigenvalue weighted by molar-refractivity contribution is -0.116. The standard InChI is InChI=1S/C30H33N5OS2/c1-20-18-37-28-33-25(17-35(20)28)23-13-7-8-14-24(23)32-27(36)30-19-29(30,22-11-5-3-2-4-6-12-22)34-26(38-30)21-10-9-15-31-16-21/h7-10,13-18,22,26,34H,2-6,11-12,19H2,1H3,(H,32,36). The van der Waals surface area contributed by atoms with E-state index in [9.17, 15) is 4.79 Å². The molecular weight excluding hydrogens is 510 g/mol. The van der Waals surface area contributed by atoms with Gasteiger partial charge in [-0.15, -0.1) is 23.1 Å². The Morgan fingerprint density at radius 2 is 1.92 bits per heavy atom. The number of rotatable bonds is 5. The quantitative estimate of drug-likeness (QED) is 0.284. The van der Waals surface area contributed by atoms with Gasteiger partial charge >= 0.3 is 0 Å². The highest BCUT2D eigenvalue weighted by atomic mass is 32.2. The summed E-state index contributed by atoms with van der Waals surface area (Å²) in [5, 5.41) is 9.58. The molecular formula is C30H33N5OS2. The van der Waals surface area contributed by atoms with Gasteiger partial charge in [-0.3, -0.25) is 19.5 Å².